The van der Waals surface area contributed by atoms with Crippen LogP contribution >= 0.6 is 0 Å². The van der Waals surface area contributed by atoms with Crippen LogP contribution < -0.4 is 10.1 Å². The molecule has 3 rings (SSSR count). The van der Waals surface area contributed by atoms with E-state index in [0.29, 0.717) is 6.73 Å². The lowest BCUT2D eigenvalue weighted by molar-refractivity contribution is 0.258. The second-order valence-corrected chi connectivity index (χ2v) is 3.20. The second kappa shape index (κ2) is 2.50. The van der Waals surface area contributed by atoms with E-state index in [1.54, 1.807) is 0 Å². The molecule has 3 heteroatoms. The third-order valence-corrected chi connectivity index (χ3v) is 2.43. The quantitative estimate of drug-likeness (QED) is 0.636. The number of aromatic nitrogens is 1. The van der Waals surface area contributed by atoms with Crippen molar-refractivity contribution in [3.63, 3.8) is 0 Å². The highest BCUT2D eigenvalue weighted by Gasteiger charge is 2.12. The van der Waals surface area contributed by atoms with Crippen molar-refractivity contribution in [2.75, 3.05) is 6.73 Å². The van der Waals surface area contributed by atoms with E-state index in [1.165, 1.54) is 16.5 Å². The van der Waals surface area contributed by atoms with Crippen molar-refractivity contribution >= 4 is 10.9 Å². The number of hydrogen-bond acceptors (Lipinski definition) is 2. The highest BCUT2D eigenvalue weighted by atomic mass is 16.5. The Kier molecular flexibility index (Phi) is 1.34. The molecule has 0 aliphatic carbocycles. The Morgan fingerprint density at radius 2 is 2.23 bits per heavy atom. The number of nitrogens with one attached hydrogen (secondary N) is 2. The van der Waals surface area contributed by atoms with E-state index in [-0.39, 0.29) is 0 Å². The first-order valence-corrected chi connectivity index (χ1v) is 4.37. The monoisotopic (exact) mass is 174 g/mol. The minimum atomic E-state index is 0.614. The Bertz CT molecular complexity index is 447. The van der Waals surface area contributed by atoms with Crippen molar-refractivity contribution in [2.45, 2.75) is 6.54 Å². The van der Waals surface area contributed by atoms with Crippen molar-refractivity contribution in [1.82, 2.24) is 10.3 Å². The van der Waals surface area contributed by atoms with Gasteiger partial charge in [0.25, 0.3) is 0 Å². The fraction of sp³-hybridized carbons (Fsp3) is 0.200. The Morgan fingerprint density at radius 3 is 3.23 bits per heavy atom. The molecule has 1 aromatic carbocycles. The third kappa shape index (κ3) is 0.939. The molecule has 0 bridgehead atoms. The molecule has 66 valence electrons. The van der Waals surface area contributed by atoms with Crippen LogP contribution in [0.1, 0.15) is 5.56 Å². The van der Waals surface area contributed by atoms with E-state index in [1.807, 2.05) is 12.3 Å². The number of ether oxygens (including phenoxy) is 1. The SMILES string of the molecule is c1cc2c3c(ccc2[nH]1)OCNC3. The number of hydrogen-bond donors (Lipinski definition) is 2. The fourth-order valence-electron chi connectivity index (χ4n) is 1.80. The molecule has 0 unspecified atom stereocenters. The van der Waals surface area contributed by atoms with Crippen molar-refractivity contribution in [3.05, 3.63) is 30.0 Å². The second-order valence-electron chi connectivity index (χ2n) is 3.20. The molecule has 2 heterocycles. The van der Waals surface area contributed by atoms with Gasteiger partial charge in [0.2, 0.25) is 0 Å². The Hall–Kier alpha value is -1.48. The van der Waals surface area contributed by atoms with Gasteiger partial charge in [0.1, 0.15) is 12.5 Å². The molecular formula is C10H10N2O. The summed E-state index contributed by atoms with van der Waals surface area (Å²) in [6.07, 6.45) is 1.96. The summed E-state index contributed by atoms with van der Waals surface area (Å²) >= 11 is 0. The number of rotatable bonds is 0. The van der Waals surface area contributed by atoms with Crippen LogP contribution in [-0.4, -0.2) is 11.7 Å². The van der Waals surface area contributed by atoms with Gasteiger partial charge in [-0.15, -0.1) is 0 Å². The van der Waals surface area contributed by atoms with Crippen molar-refractivity contribution in [3.8, 4) is 5.75 Å². The molecule has 0 spiro atoms. The van der Waals surface area contributed by atoms with E-state index in [0.717, 1.165) is 12.3 Å². The summed E-state index contributed by atoms with van der Waals surface area (Å²) in [6, 6.07) is 6.17. The molecule has 1 aliphatic heterocycles. The van der Waals surface area contributed by atoms with Crippen LogP contribution in [0.4, 0.5) is 0 Å². The lowest BCUT2D eigenvalue weighted by atomic mass is 10.1. The normalized spacial score (nSPS) is 15.4. The molecule has 2 aromatic rings. The van der Waals surface area contributed by atoms with Gasteiger partial charge in [0, 0.05) is 29.2 Å². The predicted octanol–water partition coefficient (Wildman–Crippen LogP) is 1.61. The summed E-state index contributed by atoms with van der Waals surface area (Å²) in [7, 11) is 0. The standard InChI is InChI=1S/C10H10N2O/c1-2-10-8(5-11-6-13-10)7-3-4-12-9(1)7/h1-4,11-12H,5-6H2. The lowest BCUT2D eigenvalue weighted by Gasteiger charge is -2.18. The molecule has 0 saturated carbocycles. The van der Waals surface area contributed by atoms with E-state index in [4.69, 9.17) is 4.74 Å². The zero-order valence-corrected chi connectivity index (χ0v) is 7.13. The Morgan fingerprint density at radius 1 is 1.23 bits per heavy atom. The minimum absolute atomic E-state index is 0.614. The number of H-pyrrole nitrogens is 1. The van der Waals surface area contributed by atoms with Gasteiger partial charge < -0.3 is 9.72 Å². The summed E-state index contributed by atoms with van der Waals surface area (Å²) < 4.78 is 5.48. The predicted molar refractivity (Wildman–Crippen MR) is 50.6 cm³/mol. The van der Waals surface area contributed by atoms with Crippen LogP contribution in [0, 0.1) is 0 Å². The highest BCUT2D eigenvalue weighted by molar-refractivity contribution is 5.85. The fourth-order valence-corrected chi connectivity index (χ4v) is 1.80. The van der Waals surface area contributed by atoms with Crippen molar-refractivity contribution < 1.29 is 4.74 Å². The van der Waals surface area contributed by atoms with Gasteiger partial charge in [-0.25, -0.2) is 0 Å². The number of benzene rings is 1. The summed E-state index contributed by atoms with van der Waals surface area (Å²) in [5.41, 5.74) is 2.43. The van der Waals surface area contributed by atoms with Gasteiger partial charge >= 0.3 is 0 Å². The molecule has 2 N–H and O–H groups in total. The van der Waals surface area contributed by atoms with Gasteiger partial charge in [-0.1, -0.05) is 0 Å². The average molecular weight is 174 g/mol. The van der Waals surface area contributed by atoms with Gasteiger partial charge in [0.15, 0.2) is 0 Å². The molecule has 0 saturated heterocycles. The van der Waals surface area contributed by atoms with Crippen molar-refractivity contribution in [1.29, 1.82) is 0 Å². The molecular weight excluding hydrogens is 164 g/mol. The number of aromatic amines is 1. The summed E-state index contributed by atoms with van der Waals surface area (Å²) in [5, 5.41) is 4.44. The molecule has 0 amide bonds. The smallest absolute Gasteiger partial charge is 0.139 e. The summed E-state index contributed by atoms with van der Waals surface area (Å²) in [5.74, 6) is 1.01. The van der Waals surface area contributed by atoms with Gasteiger partial charge in [-0.2, -0.15) is 0 Å². The zero-order valence-electron chi connectivity index (χ0n) is 7.13. The van der Waals surface area contributed by atoms with E-state index < -0.39 is 0 Å². The third-order valence-electron chi connectivity index (χ3n) is 2.43. The van der Waals surface area contributed by atoms with Crippen LogP contribution in [0.15, 0.2) is 24.4 Å². The first kappa shape index (κ1) is 6.97. The van der Waals surface area contributed by atoms with Gasteiger partial charge in [-0.3, -0.25) is 5.32 Å². The maximum atomic E-state index is 5.48. The van der Waals surface area contributed by atoms with Crippen LogP contribution in [0.3, 0.4) is 0 Å². The van der Waals surface area contributed by atoms with E-state index >= 15 is 0 Å². The molecule has 0 fully saturated rings. The largest absolute Gasteiger partial charge is 0.478 e. The van der Waals surface area contributed by atoms with Crippen LogP contribution in [0.25, 0.3) is 10.9 Å². The summed E-state index contributed by atoms with van der Waals surface area (Å²) in [4.78, 5) is 3.19. The van der Waals surface area contributed by atoms with Crippen LogP contribution in [0.5, 0.6) is 5.75 Å². The highest BCUT2D eigenvalue weighted by Crippen LogP contribution is 2.28. The lowest BCUT2D eigenvalue weighted by Crippen LogP contribution is -2.25. The first-order chi connectivity index (χ1) is 6.45. The number of fused-ring (bicyclic) bond motifs is 3. The van der Waals surface area contributed by atoms with Crippen LogP contribution in [0.2, 0.25) is 0 Å². The topological polar surface area (TPSA) is 37.0 Å². The molecule has 0 radical (unpaired) electrons. The van der Waals surface area contributed by atoms with Crippen LogP contribution in [-0.2, 0) is 6.54 Å². The minimum Gasteiger partial charge on any atom is -0.478 e. The van der Waals surface area contributed by atoms with E-state index in [9.17, 15) is 0 Å². The van der Waals surface area contributed by atoms with Gasteiger partial charge in [0.05, 0.1) is 0 Å². The first-order valence-electron chi connectivity index (χ1n) is 4.37. The molecule has 0 atom stereocenters. The van der Waals surface area contributed by atoms with E-state index in [2.05, 4.69) is 22.4 Å². The Balaban J connectivity index is 2.34. The molecule has 1 aromatic heterocycles. The summed E-state index contributed by atoms with van der Waals surface area (Å²) in [6.45, 7) is 1.51. The molecule has 13 heavy (non-hydrogen) atoms. The maximum Gasteiger partial charge on any atom is 0.139 e. The Labute approximate surface area is 75.7 Å². The van der Waals surface area contributed by atoms with Crippen molar-refractivity contribution in [2.24, 2.45) is 0 Å². The molecule has 3 nitrogen and oxygen atoms in total. The van der Waals surface area contributed by atoms with Gasteiger partial charge in [-0.05, 0) is 18.2 Å². The zero-order chi connectivity index (χ0) is 8.67. The molecule has 1 aliphatic rings. The maximum absolute atomic E-state index is 5.48. The average Bonchev–Trinajstić information content (AvgIpc) is 2.65.